The fourth-order valence-corrected chi connectivity index (χ4v) is 2.87. The van der Waals surface area contributed by atoms with Crippen molar-refractivity contribution in [2.75, 3.05) is 0 Å². The molecule has 4 N–H and O–H groups in total. The fraction of sp³-hybridized carbons (Fsp3) is 0.286. The Balaban J connectivity index is 2.05. The molecule has 3 amide bonds. The molecule has 0 spiro atoms. The normalized spacial score (nSPS) is 12.6. The highest BCUT2D eigenvalue weighted by atomic mass is 19.1. The SMILES string of the molecule is CC(=O)N[C@H](Cc1cccc(F)c1)C(=O)N[C@@H](CCc1ccccc1)C(N)=O. The predicted octanol–water partition coefficient (Wildman–Crippen LogP) is 1.48. The first-order valence-electron chi connectivity index (χ1n) is 9.00. The van der Waals surface area contributed by atoms with Gasteiger partial charge in [-0.15, -0.1) is 0 Å². The Morgan fingerprint density at radius 2 is 1.64 bits per heavy atom. The lowest BCUT2D eigenvalue weighted by atomic mass is 10.0. The van der Waals surface area contributed by atoms with E-state index in [-0.39, 0.29) is 6.42 Å². The van der Waals surface area contributed by atoms with Crippen LogP contribution < -0.4 is 16.4 Å². The molecule has 2 rings (SSSR count). The van der Waals surface area contributed by atoms with Crippen LogP contribution in [0.2, 0.25) is 0 Å². The standard InChI is InChI=1S/C21H24FN3O3/c1-14(26)24-19(13-16-8-5-9-17(22)12-16)21(28)25-18(20(23)27)11-10-15-6-3-2-4-7-15/h2-9,12,18-19H,10-11,13H2,1H3,(H2,23,27)(H,24,26)(H,25,28)/t18-,19+/m0/s1. The Labute approximate surface area is 163 Å². The van der Waals surface area contributed by atoms with Crippen molar-refractivity contribution in [2.45, 2.75) is 38.3 Å². The van der Waals surface area contributed by atoms with Crippen molar-refractivity contribution in [1.29, 1.82) is 0 Å². The van der Waals surface area contributed by atoms with Gasteiger partial charge in [0.2, 0.25) is 17.7 Å². The van der Waals surface area contributed by atoms with E-state index in [4.69, 9.17) is 5.73 Å². The molecule has 2 aromatic rings. The van der Waals surface area contributed by atoms with Crippen LogP contribution in [-0.4, -0.2) is 29.8 Å². The highest BCUT2D eigenvalue weighted by Crippen LogP contribution is 2.09. The van der Waals surface area contributed by atoms with Crippen molar-refractivity contribution in [2.24, 2.45) is 5.73 Å². The van der Waals surface area contributed by atoms with Gasteiger partial charge in [0.25, 0.3) is 0 Å². The summed E-state index contributed by atoms with van der Waals surface area (Å²) in [7, 11) is 0. The topological polar surface area (TPSA) is 101 Å². The minimum Gasteiger partial charge on any atom is -0.368 e. The summed E-state index contributed by atoms with van der Waals surface area (Å²) in [6.07, 6.45) is 0.981. The van der Waals surface area contributed by atoms with Crippen molar-refractivity contribution >= 4 is 17.7 Å². The minimum atomic E-state index is -0.946. The number of hydrogen-bond acceptors (Lipinski definition) is 3. The van der Waals surface area contributed by atoms with Gasteiger partial charge in [-0.25, -0.2) is 4.39 Å². The zero-order valence-corrected chi connectivity index (χ0v) is 15.7. The lowest BCUT2D eigenvalue weighted by Crippen LogP contribution is -2.53. The van der Waals surface area contributed by atoms with Gasteiger partial charge in [-0.3, -0.25) is 14.4 Å². The van der Waals surface area contributed by atoms with E-state index < -0.39 is 35.6 Å². The molecule has 0 aliphatic rings. The zero-order valence-electron chi connectivity index (χ0n) is 15.7. The van der Waals surface area contributed by atoms with Crippen molar-refractivity contribution in [3.63, 3.8) is 0 Å². The Morgan fingerprint density at radius 3 is 2.25 bits per heavy atom. The lowest BCUT2D eigenvalue weighted by Gasteiger charge is -2.21. The molecule has 28 heavy (non-hydrogen) atoms. The molecule has 2 aromatic carbocycles. The molecule has 0 heterocycles. The number of carbonyl (C=O) groups is 3. The van der Waals surface area contributed by atoms with Crippen molar-refractivity contribution in [3.8, 4) is 0 Å². The molecule has 6 nitrogen and oxygen atoms in total. The molecule has 0 fully saturated rings. The quantitative estimate of drug-likeness (QED) is 0.609. The maximum atomic E-state index is 13.4. The van der Waals surface area contributed by atoms with Gasteiger partial charge in [0.05, 0.1) is 0 Å². The molecule has 7 heteroatoms. The molecular weight excluding hydrogens is 361 g/mol. The molecular formula is C21H24FN3O3. The molecule has 0 aliphatic carbocycles. The number of primary amides is 1. The average molecular weight is 385 g/mol. The molecule has 0 radical (unpaired) electrons. The highest BCUT2D eigenvalue weighted by molar-refractivity contribution is 5.91. The summed E-state index contributed by atoms with van der Waals surface area (Å²) in [5, 5.41) is 5.15. The van der Waals surface area contributed by atoms with E-state index in [2.05, 4.69) is 10.6 Å². The summed E-state index contributed by atoms with van der Waals surface area (Å²) in [5.74, 6) is -2.04. The summed E-state index contributed by atoms with van der Waals surface area (Å²) >= 11 is 0. The van der Waals surface area contributed by atoms with Gasteiger partial charge in [-0.1, -0.05) is 42.5 Å². The van der Waals surface area contributed by atoms with Crippen LogP contribution in [0, 0.1) is 5.82 Å². The molecule has 0 saturated heterocycles. The summed E-state index contributed by atoms with van der Waals surface area (Å²) < 4.78 is 13.4. The number of hydrogen-bond donors (Lipinski definition) is 3. The summed E-state index contributed by atoms with van der Waals surface area (Å²) in [6.45, 7) is 1.28. The molecule has 0 unspecified atom stereocenters. The van der Waals surface area contributed by atoms with E-state index in [0.717, 1.165) is 5.56 Å². The maximum absolute atomic E-state index is 13.4. The summed E-state index contributed by atoms with van der Waals surface area (Å²) in [6, 6.07) is 13.5. The van der Waals surface area contributed by atoms with Crippen molar-refractivity contribution < 1.29 is 18.8 Å². The van der Waals surface area contributed by atoms with Crippen LogP contribution in [0.5, 0.6) is 0 Å². The Kier molecular flexibility index (Phi) is 7.68. The summed E-state index contributed by atoms with van der Waals surface area (Å²) in [5.41, 5.74) is 7.00. The van der Waals surface area contributed by atoms with Gasteiger partial charge in [-0.05, 0) is 36.1 Å². The van der Waals surface area contributed by atoms with E-state index in [1.807, 2.05) is 30.3 Å². The molecule has 2 atom stereocenters. The smallest absolute Gasteiger partial charge is 0.243 e. The third-order valence-electron chi connectivity index (χ3n) is 4.25. The highest BCUT2D eigenvalue weighted by Gasteiger charge is 2.25. The molecule has 0 aromatic heterocycles. The van der Waals surface area contributed by atoms with Gasteiger partial charge in [-0.2, -0.15) is 0 Å². The molecule has 0 saturated carbocycles. The van der Waals surface area contributed by atoms with Gasteiger partial charge in [0.1, 0.15) is 17.9 Å². The van der Waals surface area contributed by atoms with Crippen LogP contribution in [0.1, 0.15) is 24.5 Å². The number of halogens is 1. The number of benzene rings is 2. The molecule has 0 aliphatic heterocycles. The van der Waals surface area contributed by atoms with E-state index in [1.54, 1.807) is 6.07 Å². The minimum absolute atomic E-state index is 0.0906. The second-order valence-corrected chi connectivity index (χ2v) is 6.57. The number of carbonyl (C=O) groups excluding carboxylic acids is 3. The van der Waals surface area contributed by atoms with E-state index in [9.17, 15) is 18.8 Å². The average Bonchev–Trinajstić information content (AvgIpc) is 2.64. The monoisotopic (exact) mass is 385 g/mol. The van der Waals surface area contributed by atoms with Gasteiger partial charge >= 0.3 is 0 Å². The van der Waals surface area contributed by atoms with Crippen LogP contribution in [0.15, 0.2) is 54.6 Å². The first kappa shape index (κ1) is 21.1. The second-order valence-electron chi connectivity index (χ2n) is 6.57. The Bertz CT molecular complexity index is 827. The number of rotatable bonds is 9. The van der Waals surface area contributed by atoms with Crippen molar-refractivity contribution in [3.05, 3.63) is 71.5 Å². The lowest BCUT2D eigenvalue weighted by molar-refractivity contribution is -0.130. The largest absolute Gasteiger partial charge is 0.368 e. The third-order valence-corrected chi connectivity index (χ3v) is 4.25. The first-order valence-corrected chi connectivity index (χ1v) is 9.00. The maximum Gasteiger partial charge on any atom is 0.243 e. The van der Waals surface area contributed by atoms with Gasteiger partial charge in [0, 0.05) is 13.3 Å². The van der Waals surface area contributed by atoms with E-state index in [1.165, 1.54) is 25.1 Å². The predicted molar refractivity (Wildman–Crippen MR) is 104 cm³/mol. The van der Waals surface area contributed by atoms with Crippen LogP contribution in [-0.2, 0) is 27.2 Å². The summed E-state index contributed by atoms with van der Waals surface area (Å²) in [4.78, 5) is 35.9. The first-order chi connectivity index (χ1) is 13.3. The molecule has 0 bridgehead atoms. The van der Waals surface area contributed by atoms with E-state index >= 15 is 0 Å². The third kappa shape index (κ3) is 6.83. The number of nitrogens with one attached hydrogen (secondary N) is 2. The second kappa shape index (κ2) is 10.2. The Hall–Kier alpha value is -3.22. The van der Waals surface area contributed by atoms with Gasteiger partial charge in [0.15, 0.2) is 0 Å². The molecule has 148 valence electrons. The zero-order chi connectivity index (χ0) is 20.5. The van der Waals surface area contributed by atoms with Crippen LogP contribution >= 0.6 is 0 Å². The fourth-order valence-electron chi connectivity index (χ4n) is 2.87. The van der Waals surface area contributed by atoms with Crippen LogP contribution in [0.3, 0.4) is 0 Å². The number of nitrogens with two attached hydrogens (primary N) is 1. The van der Waals surface area contributed by atoms with Crippen molar-refractivity contribution in [1.82, 2.24) is 10.6 Å². The van der Waals surface area contributed by atoms with Crippen LogP contribution in [0.25, 0.3) is 0 Å². The Morgan fingerprint density at radius 1 is 0.964 bits per heavy atom. The van der Waals surface area contributed by atoms with E-state index in [0.29, 0.717) is 18.4 Å². The van der Waals surface area contributed by atoms with Gasteiger partial charge < -0.3 is 16.4 Å². The number of amides is 3. The van der Waals surface area contributed by atoms with Crippen LogP contribution in [0.4, 0.5) is 4.39 Å². The number of aryl methyl sites for hydroxylation is 1.